The number of anilines is 1. The fourth-order valence-electron chi connectivity index (χ4n) is 2.30. The quantitative estimate of drug-likeness (QED) is 0.911. The first-order chi connectivity index (χ1) is 9.29. The number of nitrogen functional groups attached to an aromatic ring is 1. The number of rotatable bonds is 2. The van der Waals surface area contributed by atoms with Crippen molar-refractivity contribution >= 4 is 26.7 Å². The van der Waals surface area contributed by atoms with Crippen molar-refractivity contribution in [1.82, 2.24) is 4.98 Å². The molecule has 5 nitrogen and oxygen atoms in total. The third-order valence-corrected chi connectivity index (χ3v) is 4.16. The molecule has 1 aromatic heterocycles. The Labute approximate surface area is 115 Å². The molecule has 0 spiro atoms. The first-order valence-corrected chi connectivity index (χ1v) is 6.99. The molecule has 0 saturated carbocycles. The second-order valence-electron chi connectivity index (χ2n) is 4.43. The van der Waals surface area contributed by atoms with Crippen LogP contribution in [0.2, 0.25) is 0 Å². The highest BCUT2D eigenvalue weighted by Gasteiger charge is 2.21. The smallest absolute Gasteiger partial charge is 0.181 e. The van der Waals surface area contributed by atoms with Gasteiger partial charge in [0.2, 0.25) is 0 Å². The zero-order chi connectivity index (χ0) is 13.2. The van der Waals surface area contributed by atoms with E-state index in [1.165, 1.54) is 16.9 Å². The second-order valence-corrected chi connectivity index (χ2v) is 5.46. The number of fused-ring (bicyclic) bond motifs is 1. The summed E-state index contributed by atoms with van der Waals surface area (Å²) in [5, 5.41) is 0.552. The lowest BCUT2D eigenvalue weighted by Crippen LogP contribution is -2.10. The van der Waals surface area contributed by atoms with Gasteiger partial charge in [-0.05, 0) is 11.6 Å². The average Bonchev–Trinajstić information content (AvgIpc) is 2.64. The third kappa shape index (κ3) is 2.39. The Hall–Kier alpha value is -1.37. The molecule has 1 aromatic carbocycles. The third-order valence-electron chi connectivity index (χ3n) is 3.22. The van der Waals surface area contributed by atoms with Gasteiger partial charge in [0.1, 0.15) is 11.3 Å². The van der Waals surface area contributed by atoms with Gasteiger partial charge in [-0.15, -0.1) is 0 Å². The maximum atomic E-state index is 5.83. The lowest BCUT2D eigenvalue weighted by Gasteiger charge is -2.15. The monoisotopic (exact) mass is 280 g/mol. The van der Waals surface area contributed by atoms with Crippen LogP contribution < -0.4 is 10.5 Å². The first kappa shape index (κ1) is 12.7. The second kappa shape index (κ2) is 5.32. The van der Waals surface area contributed by atoms with Crippen LogP contribution in [0, 0.1) is 0 Å². The molecular formula is C13H16N2O3S. The maximum Gasteiger partial charge on any atom is 0.181 e. The van der Waals surface area contributed by atoms with Gasteiger partial charge in [-0.1, -0.05) is 17.4 Å². The van der Waals surface area contributed by atoms with E-state index >= 15 is 0 Å². The molecule has 0 atom stereocenters. The summed E-state index contributed by atoms with van der Waals surface area (Å²) < 4.78 is 17.5. The Bertz CT molecular complexity index is 577. The van der Waals surface area contributed by atoms with Gasteiger partial charge in [0.25, 0.3) is 0 Å². The number of methoxy groups -OCH3 is 1. The Balaban J connectivity index is 2.07. The Kier molecular flexibility index (Phi) is 3.54. The molecule has 0 radical (unpaired) electrons. The van der Waals surface area contributed by atoms with Gasteiger partial charge in [0.05, 0.1) is 38.2 Å². The maximum absolute atomic E-state index is 5.83. The van der Waals surface area contributed by atoms with Crippen LogP contribution >= 0.6 is 11.3 Å². The Morgan fingerprint density at radius 3 is 2.74 bits per heavy atom. The molecule has 2 N–H and O–H groups in total. The molecule has 0 unspecified atom stereocenters. The van der Waals surface area contributed by atoms with Crippen LogP contribution in [0.1, 0.15) is 11.5 Å². The highest BCUT2D eigenvalue weighted by atomic mass is 32.1. The molecule has 0 bridgehead atoms. The molecule has 0 aliphatic carbocycles. The van der Waals surface area contributed by atoms with Crippen molar-refractivity contribution in [3.05, 3.63) is 17.7 Å². The lowest BCUT2D eigenvalue weighted by atomic mass is 10.0. The van der Waals surface area contributed by atoms with Crippen molar-refractivity contribution in [2.45, 2.75) is 5.92 Å². The zero-order valence-electron chi connectivity index (χ0n) is 10.7. The predicted octanol–water partition coefficient (Wildman–Crippen LogP) is 2.02. The van der Waals surface area contributed by atoms with E-state index in [4.69, 9.17) is 19.9 Å². The van der Waals surface area contributed by atoms with E-state index in [0.29, 0.717) is 31.6 Å². The van der Waals surface area contributed by atoms with Crippen LogP contribution in [-0.4, -0.2) is 38.5 Å². The number of hydrogen-bond donors (Lipinski definition) is 1. The number of thiazole rings is 1. The fourth-order valence-corrected chi connectivity index (χ4v) is 3.24. The van der Waals surface area contributed by atoms with Crippen molar-refractivity contribution in [2.75, 3.05) is 39.3 Å². The van der Waals surface area contributed by atoms with Gasteiger partial charge < -0.3 is 19.9 Å². The van der Waals surface area contributed by atoms with E-state index in [-0.39, 0.29) is 5.92 Å². The number of ether oxygens (including phenoxy) is 3. The van der Waals surface area contributed by atoms with Gasteiger partial charge in [-0.2, -0.15) is 0 Å². The molecule has 2 aromatic rings. The zero-order valence-corrected chi connectivity index (χ0v) is 11.5. The molecule has 19 heavy (non-hydrogen) atoms. The molecule has 1 aliphatic heterocycles. The molecule has 1 aliphatic rings. The van der Waals surface area contributed by atoms with E-state index < -0.39 is 0 Å². The molecule has 6 heteroatoms. The van der Waals surface area contributed by atoms with E-state index in [9.17, 15) is 0 Å². The number of nitrogens with zero attached hydrogens (tertiary/aromatic N) is 1. The average molecular weight is 280 g/mol. The van der Waals surface area contributed by atoms with E-state index in [2.05, 4.69) is 11.1 Å². The molecule has 0 amide bonds. The largest absolute Gasteiger partial charge is 0.494 e. The van der Waals surface area contributed by atoms with Gasteiger partial charge in [0.15, 0.2) is 5.13 Å². The Morgan fingerprint density at radius 1 is 1.32 bits per heavy atom. The number of benzene rings is 1. The van der Waals surface area contributed by atoms with Crippen LogP contribution in [-0.2, 0) is 9.47 Å². The van der Waals surface area contributed by atoms with Gasteiger partial charge in [-0.25, -0.2) is 4.98 Å². The molecule has 2 heterocycles. The first-order valence-electron chi connectivity index (χ1n) is 6.18. The van der Waals surface area contributed by atoms with Crippen LogP contribution in [0.25, 0.3) is 10.2 Å². The summed E-state index contributed by atoms with van der Waals surface area (Å²) in [4.78, 5) is 4.35. The minimum absolute atomic E-state index is 0.218. The van der Waals surface area contributed by atoms with Crippen LogP contribution in [0.15, 0.2) is 12.1 Å². The molecule has 3 rings (SSSR count). The highest BCUT2D eigenvalue weighted by Crippen LogP contribution is 2.37. The summed E-state index contributed by atoms with van der Waals surface area (Å²) in [6.45, 7) is 2.64. The predicted molar refractivity (Wildman–Crippen MR) is 75.0 cm³/mol. The normalized spacial score (nSPS) is 17.5. The van der Waals surface area contributed by atoms with Crippen molar-refractivity contribution < 1.29 is 14.2 Å². The van der Waals surface area contributed by atoms with Crippen molar-refractivity contribution in [2.24, 2.45) is 0 Å². The van der Waals surface area contributed by atoms with Gasteiger partial charge in [-0.3, -0.25) is 0 Å². The highest BCUT2D eigenvalue weighted by molar-refractivity contribution is 7.22. The standard InChI is InChI=1S/C13H16N2O3S/c1-16-10-3-2-9(8-6-17-4-5-18-7-8)12-11(10)15-13(14)19-12/h2-3,8H,4-7H2,1H3,(H2,14,15). The minimum atomic E-state index is 0.218. The topological polar surface area (TPSA) is 66.6 Å². The summed E-state index contributed by atoms with van der Waals surface area (Å²) in [7, 11) is 1.64. The number of nitrogens with two attached hydrogens (primary N) is 1. The summed E-state index contributed by atoms with van der Waals surface area (Å²) in [6, 6.07) is 3.99. The van der Waals surface area contributed by atoms with Crippen molar-refractivity contribution in [1.29, 1.82) is 0 Å². The van der Waals surface area contributed by atoms with Crippen LogP contribution in [0.4, 0.5) is 5.13 Å². The molecule has 1 fully saturated rings. The number of aromatic nitrogens is 1. The van der Waals surface area contributed by atoms with Gasteiger partial charge >= 0.3 is 0 Å². The summed E-state index contributed by atoms with van der Waals surface area (Å²) in [5.41, 5.74) is 7.83. The van der Waals surface area contributed by atoms with Crippen molar-refractivity contribution in [3.8, 4) is 5.75 Å². The minimum Gasteiger partial charge on any atom is -0.494 e. The van der Waals surface area contributed by atoms with Gasteiger partial charge in [0, 0.05) is 5.92 Å². The summed E-state index contributed by atoms with van der Waals surface area (Å²) in [6.07, 6.45) is 0. The molecular weight excluding hydrogens is 264 g/mol. The summed E-state index contributed by atoms with van der Waals surface area (Å²) in [5.74, 6) is 0.970. The number of hydrogen-bond acceptors (Lipinski definition) is 6. The molecule has 102 valence electrons. The summed E-state index contributed by atoms with van der Waals surface area (Å²) >= 11 is 1.48. The van der Waals surface area contributed by atoms with E-state index in [0.717, 1.165) is 16.0 Å². The SMILES string of the molecule is COc1ccc(C2COCCOC2)c2sc(N)nc12. The Morgan fingerprint density at radius 2 is 2.05 bits per heavy atom. The molecule has 1 saturated heterocycles. The van der Waals surface area contributed by atoms with E-state index in [1.807, 2.05) is 6.07 Å². The fraction of sp³-hybridized carbons (Fsp3) is 0.462. The van der Waals surface area contributed by atoms with E-state index in [1.54, 1.807) is 7.11 Å². The van der Waals surface area contributed by atoms with Crippen molar-refractivity contribution in [3.63, 3.8) is 0 Å². The van der Waals surface area contributed by atoms with Crippen LogP contribution in [0.5, 0.6) is 5.75 Å². The van der Waals surface area contributed by atoms with Crippen LogP contribution in [0.3, 0.4) is 0 Å². The lowest BCUT2D eigenvalue weighted by molar-refractivity contribution is 0.103.